The van der Waals surface area contributed by atoms with Crippen molar-refractivity contribution >= 4 is 28.9 Å². The second-order valence-corrected chi connectivity index (χ2v) is 6.65. The number of hydrogen-bond donors (Lipinski definition) is 4. The Bertz CT molecular complexity index is 775. The molecule has 136 valence electrons. The molecule has 0 saturated carbocycles. The van der Waals surface area contributed by atoms with Crippen molar-refractivity contribution in [3.63, 3.8) is 0 Å². The van der Waals surface area contributed by atoms with Crippen molar-refractivity contribution in [1.29, 1.82) is 5.26 Å². The topological polar surface area (TPSA) is 86.6 Å². The number of hydrazine groups is 1. The monoisotopic (exact) mass is 392 g/mol. The number of nitriles is 1. The summed E-state index contributed by atoms with van der Waals surface area (Å²) in [5, 5.41) is 27.7. The highest BCUT2D eigenvalue weighted by Crippen LogP contribution is 2.26. The molecule has 1 saturated heterocycles. The molecule has 1 aliphatic heterocycles. The molecule has 7 nitrogen and oxygen atoms in total. The van der Waals surface area contributed by atoms with Crippen LogP contribution < -0.4 is 16.2 Å². The fourth-order valence-corrected chi connectivity index (χ4v) is 3.22. The fraction of sp³-hybridized carbons (Fsp3) is 0.235. The van der Waals surface area contributed by atoms with Gasteiger partial charge >= 0.3 is 0 Å². The van der Waals surface area contributed by atoms with Gasteiger partial charge in [0.25, 0.3) is 0 Å². The van der Waals surface area contributed by atoms with Crippen molar-refractivity contribution in [3.05, 3.63) is 63.6 Å². The van der Waals surface area contributed by atoms with E-state index < -0.39 is 0 Å². The molecule has 1 aliphatic rings. The molecule has 0 aliphatic carbocycles. The number of nitrogens with one attached hydrogen (secondary N) is 3. The molecule has 0 aromatic heterocycles. The van der Waals surface area contributed by atoms with E-state index in [2.05, 4.69) is 22.3 Å². The van der Waals surface area contributed by atoms with Gasteiger partial charge in [-0.25, -0.2) is 0 Å². The van der Waals surface area contributed by atoms with Crippen molar-refractivity contribution in [1.82, 2.24) is 20.8 Å². The third-order valence-corrected chi connectivity index (χ3v) is 4.77. The lowest BCUT2D eigenvalue weighted by molar-refractivity contribution is -0.108. The fourth-order valence-electron chi connectivity index (χ4n) is 2.70. The minimum Gasteiger partial charge on any atom is -0.356 e. The van der Waals surface area contributed by atoms with E-state index in [0.29, 0.717) is 35.5 Å². The highest BCUT2D eigenvalue weighted by molar-refractivity contribution is 6.35. The standard InChI is InChI=1S/C17H18Cl2N6O/c18-15-2-1-3-16(19)14(15)9-24-10-21-17(25(11-24)23-26)22-13-6-4-12(8-20)5-7-13/h1-7,17,21-23,26H,9-11H2. The minimum absolute atomic E-state index is 0.342. The summed E-state index contributed by atoms with van der Waals surface area (Å²) in [5.74, 6) is 0. The van der Waals surface area contributed by atoms with Gasteiger partial charge in [-0.15, -0.1) is 5.59 Å². The van der Waals surface area contributed by atoms with E-state index in [1.54, 1.807) is 29.3 Å². The highest BCUT2D eigenvalue weighted by atomic mass is 35.5. The first kappa shape index (κ1) is 18.9. The maximum atomic E-state index is 9.49. The van der Waals surface area contributed by atoms with Crippen LogP contribution in [0.5, 0.6) is 0 Å². The van der Waals surface area contributed by atoms with E-state index >= 15 is 0 Å². The van der Waals surface area contributed by atoms with E-state index in [0.717, 1.165) is 11.3 Å². The van der Waals surface area contributed by atoms with E-state index in [4.69, 9.17) is 28.5 Å². The van der Waals surface area contributed by atoms with E-state index in [9.17, 15) is 5.21 Å². The van der Waals surface area contributed by atoms with Gasteiger partial charge in [-0.3, -0.25) is 10.2 Å². The molecule has 0 radical (unpaired) electrons. The van der Waals surface area contributed by atoms with Gasteiger partial charge < -0.3 is 10.5 Å². The van der Waals surface area contributed by atoms with Crippen LogP contribution in [0.2, 0.25) is 10.0 Å². The Labute approximate surface area is 161 Å². The molecule has 2 aromatic rings. The van der Waals surface area contributed by atoms with Gasteiger partial charge in [0.15, 0.2) is 6.29 Å². The van der Waals surface area contributed by atoms with Gasteiger partial charge in [0, 0.05) is 27.8 Å². The number of rotatable bonds is 5. The molecule has 0 spiro atoms. The predicted molar refractivity (Wildman–Crippen MR) is 100 cm³/mol. The first-order valence-corrected chi connectivity index (χ1v) is 8.68. The second-order valence-electron chi connectivity index (χ2n) is 5.84. The number of anilines is 1. The predicted octanol–water partition coefficient (Wildman–Crippen LogP) is 2.78. The normalized spacial score (nSPS) is 18.5. The van der Waals surface area contributed by atoms with Gasteiger partial charge in [-0.1, -0.05) is 29.3 Å². The lowest BCUT2D eigenvalue weighted by Crippen LogP contribution is -2.65. The summed E-state index contributed by atoms with van der Waals surface area (Å²) in [4.78, 5) is 2.03. The highest BCUT2D eigenvalue weighted by Gasteiger charge is 2.26. The van der Waals surface area contributed by atoms with Crippen LogP contribution >= 0.6 is 23.2 Å². The van der Waals surface area contributed by atoms with E-state index in [1.165, 1.54) is 0 Å². The van der Waals surface area contributed by atoms with Crippen molar-refractivity contribution in [2.75, 3.05) is 18.7 Å². The number of halogens is 2. The summed E-state index contributed by atoms with van der Waals surface area (Å²) in [6.07, 6.45) is -0.342. The number of benzene rings is 2. The molecule has 1 atom stereocenters. The molecule has 3 rings (SSSR count). The van der Waals surface area contributed by atoms with Crippen molar-refractivity contribution in [3.8, 4) is 6.07 Å². The Morgan fingerprint density at radius 3 is 2.50 bits per heavy atom. The van der Waals surface area contributed by atoms with Crippen LogP contribution in [0.25, 0.3) is 0 Å². The van der Waals surface area contributed by atoms with E-state index in [-0.39, 0.29) is 6.29 Å². The summed E-state index contributed by atoms with van der Waals surface area (Å²) in [6, 6.07) is 14.6. The summed E-state index contributed by atoms with van der Waals surface area (Å²) in [5.41, 5.74) is 4.45. The van der Waals surface area contributed by atoms with Crippen LogP contribution in [0.15, 0.2) is 42.5 Å². The van der Waals surface area contributed by atoms with Crippen LogP contribution in [0.1, 0.15) is 11.1 Å². The maximum absolute atomic E-state index is 9.49. The van der Waals surface area contributed by atoms with Crippen molar-refractivity contribution in [2.24, 2.45) is 0 Å². The Hall–Kier alpha value is -1.89. The summed E-state index contributed by atoms with van der Waals surface area (Å²) < 4.78 is 0. The number of nitrogens with zero attached hydrogens (tertiary/aromatic N) is 3. The average Bonchev–Trinajstić information content (AvgIpc) is 2.66. The Balaban J connectivity index is 1.64. The molecular weight excluding hydrogens is 375 g/mol. The van der Waals surface area contributed by atoms with Gasteiger partial charge in [-0.05, 0) is 36.4 Å². The summed E-state index contributed by atoms with van der Waals surface area (Å²) >= 11 is 12.5. The van der Waals surface area contributed by atoms with Gasteiger partial charge in [0.2, 0.25) is 0 Å². The molecule has 2 aromatic carbocycles. The Kier molecular flexibility index (Phi) is 6.29. The van der Waals surface area contributed by atoms with Gasteiger partial charge in [0.1, 0.15) is 0 Å². The third-order valence-electron chi connectivity index (χ3n) is 4.06. The first-order valence-electron chi connectivity index (χ1n) is 7.92. The minimum atomic E-state index is -0.342. The molecule has 9 heteroatoms. The molecule has 0 amide bonds. The quantitative estimate of drug-likeness (QED) is 0.581. The van der Waals surface area contributed by atoms with Gasteiger partial charge in [0.05, 0.1) is 25.0 Å². The second kappa shape index (κ2) is 8.66. The zero-order valence-electron chi connectivity index (χ0n) is 13.8. The van der Waals surface area contributed by atoms with Crippen LogP contribution in [-0.2, 0) is 6.54 Å². The molecule has 0 bridgehead atoms. The summed E-state index contributed by atoms with van der Waals surface area (Å²) in [6.45, 7) is 1.53. The number of hydrogen-bond acceptors (Lipinski definition) is 7. The van der Waals surface area contributed by atoms with Crippen molar-refractivity contribution in [2.45, 2.75) is 12.8 Å². The van der Waals surface area contributed by atoms with Crippen LogP contribution in [0, 0.1) is 11.3 Å². The summed E-state index contributed by atoms with van der Waals surface area (Å²) in [7, 11) is 0. The molecule has 1 unspecified atom stereocenters. The molecule has 4 N–H and O–H groups in total. The lowest BCUT2D eigenvalue weighted by atomic mass is 10.2. The van der Waals surface area contributed by atoms with Crippen LogP contribution in [-0.4, -0.2) is 34.7 Å². The van der Waals surface area contributed by atoms with E-state index in [1.807, 2.05) is 23.1 Å². The largest absolute Gasteiger partial charge is 0.356 e. The molecule has 26 heavy (non-hydrogen) atoms. The molecular formula is C17H18Cl2N6O. The Morgan fingerprint density at radius 2 is 1.88 bits per heavy atom. The molecule has 1 fully saturated rings. The van der Waals surface area contributed by atoms with Crippen LogP contribution in [0.3, 0.4) is 0 Å². The molecule has 1 heterocycles. The average molecular weight is 393 g/mol. The smallest absolute Gasteiger partial charge is 0.152 e. The van der Waals surface area contributed by atoms with Gasteiger partial charge in [-0.2, -0.15) is 10.3 Å². The zero-order chi connectivity index (χ0) is 18.5. The SMILES string of the molecule is N#Cc1ccc(NC2NCN(Cc3c(Cl)cccc3Cl)CN2NO)cc1. The first-order chi connectivity index (χ1) is 12.6. The van der Waals surface area contributed by atoms with Crippen LogP contribution in [0.4, 0.5) is 5.69 Å². The van der Waals surface area contributed by atoms with Crippen molar-refractivity contribution < 1.29 is 5.21 Å². The lowest BCUT2D eigenvalue weighted by Gasteiger charge is -2.41. The maximum Gasteiger partial charge on any atom is 0.152 e. The zero-order valence-corrected chi connectivity index (χ0v) is 15.3. The third kappa shape index (κ3) is 4.44. The Morgan fingerprint density at radius 1 is 1.19 bits per heavy atom.